The molecule has 0 radical (unpaired) electrons. The highest BCUT2D eigenvalue weighted by Crippen LogP contribution is 2.26. The first kappa shape index (κ1) is 12.4. The molecule has 0 aliphatic carbocycles. The van der Waals surface area contributed by atoms with Gasteiger partial charge in [0.1, 0.15) is 11.6 Å². The van der Waals surface area contributed by atoms with Crippen LogP contribution in [-0.4, -0.2) is 25.5 Å². The van der Waals surface area contributed by atoms with Gasteiger partial charge in [0.25, 0.3) is 10.0 Å². The molecule has 0 fully saturated rings. The van der Waals surface area contributed by atoms with Crippen molar-refractivity contribution in [1.82, 2.24) is 9.97 Å². The second-order valence-electron chi connectivity index (χ2n) is 3.37. The molecule has 0 aliphatic heterocycles. The molecular formula is C10H10FN3O3S. The van der Waals surface area contributed by atoms with E-state index in [0.29, 0.717) is 0 Å². The van der Waals surface area contributed by atoms with Crippen molar-refractivity contribution in [2.75, 3.05) is 11.8 Å². The minimum Gasteiger partial charge on any atom is -0.494 e. The highest BCUT2D eigenvalue weighted by molar-refractivity contribution is 7.92. The van der Waals surface area contributed by atoms with Gasteiger partial charge >= 0.3 is 0 Å². The van der Waals surface area contributed by atoms with E-state index in [2.05, 4.69) is 14.7 Å². The normalized spacial score (nSPS) is 11.2. The Labute approximate surface area is 103 Å². The minimum absolute atomic E-state index is 0.0890. The van der Waals surface area contributed by atoms with Crippen LogP contribution in [0.15, 0.2) is 35.7 Å². The lowest BCUT2D eigenvalue weighted by Gasteiger charge is -2.10. The number of imidazole rings is 1. The van der Waals surface area contributed by atoms with Crippen molar-refractivity contribution in [3.05, 3.63) is 36.5 Å². The van der Waals surface area contributed by atoms with E-state index in [9.17, 15) is 12.8 Å². The molecule has 0 unspecified atom stereocenters. The molecule has 1 aromatic carbocycles. The van der Waals surface area contributed by atoms with Crippen LogP contribution >= 0.6 is 0 Å². The lowest BCUT2D eigenvalue weighted by atomic mass is 10.3. The van der Waals surface area contributed by atoms with Gasteiger partial charge in [-0.3, -0.25) is 4.72 Å². The van der Waals surface area contributed by atoms with Crippen LogP contribution in [0.25, 0.3) is 0 Å². The first-order chi connectivity index (χ1) is 8.53. The number of benzene rings is 1. The second-order valence-corrected chi connectivity index (χ2v) is 5.02. The monoisotopic (exact) mass is 271 g/mol. The molecule has 2 rings (SSSR count). The lowest BCUT2D eigenvalue weighted by Crippen LogP contribution is -2.14. The predicted octanol–water partition coefficient (Wildman–Crippen LogP) is 1.36. The topological polar surface area (TPSA) is 84.1 Å². The molecule has 6 nitrogen and oxygen atoms in total. The predicted molar refractivity (Wildman–Crippen MR) is 62.3 cm³/mol. The Morgan fingerprint density at radius 1 is 1.44 bits per heavy atom. The number of halogens is 1. The average molecular weight is 271 g/mol. The maximum absolute atomic E-state index is 13.0. The number of methoxy groups -OCH3 is 1. The summed E-state index contributed by atoms with van der Waals surface area (Å²) in [4.78, 5) is 6.09. The standard InChI is InChI=1S/C10H10FN3O3S/c1-17-9-4-7(11)2-3-8(9)14-18(15,16)10-5-12-6-13-10/h2-6,14H,1H3,(H,12,13). The quantitative estimate of drug-likeness (QED) is 0.879. The van der Waals surface area contributed by atoms with E-state index in [4.69, 9.17) is 4.74 Å². The molecule has 8 heteroatoms. The van der Waals surface area contributed by atoms with Crippen molar-refractivity contribution in [3.8, 4) is 5.75 Å². The largest absolute Gasteiger partial charge is 0.494 e. The molecule has 18 heavy (non-hydrogen) atoms. The maximum Gasteiger partial charge on any atom is 0.279 e. The number of hydrogen-bond donors (Lipinski definition) is 2. The van der Waals surface area contributed by atoms with Gasteiger partial charge in [0.2, 0.25) is 0 Å². The Balaban J connectivity index is 2.35. The molecule has 96 valence electrons. The van der Waals surface area contributed by atoms with Gasteiger partial charge in [-0.1, -0.05) is 0 Å². The van der Waals surface area contributed by atoms with E-state index in [1.54, 1.807) is 0 Å². The van der Waals surface area contributed by atoms with E-state index >= 15 is 0 Å². The first-order valence-electron chi connectivity index (χ1n) is 4.87. The fourth-order valence-corrected chi connectivity index (χ4v) is 2.31. The SMILES string of the molecule is COc1cc(F)ccc1NS(=O)(=O)c1cnc[nH]1. The van der Waals surface area contributed by atoms with E-state index in [1.165, 1.54) is 25.7 Å². The molecule has 0 bridgehead atoms. The smallest absolute Gasteiger partial charge is 0.279 e. The summed E-state index contributed by atoms with van der Waals surface area (Å²) in [6.07, 6.45) is 2.41. The fourth-order valence-electron chi connectivity index (χ4n) is 1.34. The molecule has 0 spiro atoms. The van der Waals surface area contributed by atoms with Crippen molar-refractivity contribution in [2.45, 2.75) is 5.03 Å². The summed E-state index contributed by atoms with van der Waals surface area (Å²) < 4.78 is 43.9. The van der Waals surface area contributed by atoms with Crippen LogP contribution in [0.5, 0.6) is 5.75 Å². The third-order valence-electron chi connectivity index (χ3n) is 2.17. The lowest BCUT2D eigenvalue weighted by molar-refractivity contribution is 0.413. The number of nitrogens with zero attached hydrogens (tertiary/aromatic N) is 1. The van der Waals surface area contributed by atoms with Gasteiger partial charge in [-0.15, -0.1) is 0 Å². The van der Waals surface area contributed by atoms with Gasteiger partial charge in [-0.05, 0) is 12.1 Å². The van der Waals surface area contributed by atoms with Gasteiger partial charge in [0.15, 0.2) is 5.03 Å². The number of H-pyrrole nitrogens is 1. The molecule has 0 saturated carbocycles. The molecule has 1 heterocycles. The van der Waals surface area contributed by atoms with Crippen molar-refractivity contribution in [1.29, 1.82) is 0 Å². The number of anilines is 1. The Bertz CT molecular complexity index is 640. The molecule has 2 aromatic rings. The van der Waals surface area contributed by atoms with E-state index in [1.807, 2.05) is 0 Å². The highest BCUT2D eigenvalue weighted by atomic mass is 32.2. The van der Waals surface area contributed by atoms with Gasteiger partial charge in [0.05, 0.1) is 25.3 Å². The van der Waals surface area contributed by atoms with Crippen molar-refractivity contribution in [2.24, 2.45) is 0 Å². The summed E-state index contributed by atoms with van der Waals surface area (Å²) in [5.74, 6) is -0.422. The number of rotatable bonds is 4. The zero-order valence-corrected chi connectivity index (χ0v) is 10.2. The summed E-state index contributed by atoms with van der Waals surface area (Å²) in [6, 6.07) is 3.50. The van der Waals surface area contributed by atoms with Gasteiger partial charge in [-0.2, -0.15) is 8.42 Å². The molecule has 0 aliphatic rings. The summed E-state index contributed by atoms with van der Waals surface area (Å²) in [7, 11) is -2.46. The molecular weight excluding hydrogens is 261 g/mol. The first-order valence-corrected chi connectivity index (χ1v) is 6.36. The van der Waals surface area contributed by atoms with Crippen LogP contribution in [0.1, 0.15) is 0 Å². The summed E-state index contributed by atoms with van der Waals surface area (Å²) >= 11 is 0. The molecule has 0 amide bonds. The third kappa shape index (κ3) is 2.43. The number of sulfonamides is 1. The highest BCUT2D eigenvalue weighted by Gasteiger charge is 2.17. The van der Waals surface area contributed by atoms with Gasteiger partial charge in [0, 0.05) is 6.07 Å². The Hall–Kier alpha value is -2.09. The summed E-state index contributed by atoms with van der Waals surface area (Å²) in [5.41, 5.74) is 0.147. The molecule has 2 N–H and O–H groups in total. The second kappa shape index (κ2) is 4.65. The average Bonchev–Trinajstić information content (AvgIpc) is 2.85. The van der Waals surface area contributed by atoms with E-state index < -0.39 is 15.8 Å². The van der Waals surface area contributed by atoms with Crippen molar-refractivity contribution >= 4 is 15.7 Å². The minimum atomic E-state index is -3.79. The fraction of sp³-hybridized carbons (Fsp3) is 0.100. The van der Waals surface area contributed by atoms with Gasteiger partial charge < -0.3 is 9.72 Å². The Morgan fingerprint density at radius 2 is 2.22 bits per heavy atom. The maximum atomic E-state index is 13.0. The zero-order chi connectivity index (χ0) is 13.2. The third-order valence-corrected chi connectivity index (χ3v) is 3.46. The molecule has 0 saturated heterocycles. The number of hydrogen-bond acceptors (Lipinski definition) is 4. The van der Waals surface area contributed by atoms with Crippen LogP contribution in [0.2, 0.25) is 0 Å². The molecule has 1 aromatic heterocycles. The van der Waals surface area contributed by atoms with Crippen LogP contribution in [0.4, 0.5) is 10.1 Å². The van der Waals surface area contributed by atoms with Crippen molar-refractivity contribution in [3.63, 3.8) is 0 Å². The summed E-state index contributed by atoms with van der Waals surface area (Å²) in [5, 5.41) is -0.0890. The number of nitrogens with one attached hydrogen (secondary N) is 2. The summed E-state index contributed by atoms with van der Waals surface area (Å²) in [6.45, 7) is 0. The van der Waals surface area contributed by atoms with Crippen LogP contribution in [0, 0.1) is 5.82 Å². The van der Waals surface area contributed by atoms with Crippen LogP contribution in [0.3, 0.4) is 0 Å². The van der Waals surface area contributed by atoms with Crippen LogP contribution < -0.4 is 9.46 Å². The van der Waals surface area contributed by atoms with E-state index in [0.717, 1.165) is 12.1 Å². The Morgan fingerprint density at radius 3 is 2.83 bits per heavy atom. The van der Waals surface area contributed by atoms with E-state index in [-0.39, 0.29) is 16.5 Å². The van der Waals surface area contributed by atoms with Gasteiger partial charge in [-0.25, -0.2) is 9.37 Å². The van der Waals surface area contributed by atoms with Crippen LogP contribution in [-0.2, 0) is 10.0 Å². The number of ether oxygens (including phenoxy) is 1. The number of aromatic amines is 1. The zero-order valence-electron chi connectivity index (χ0n) is 9.34. The Kier molecular flexibility index (Phi) is 3.19. The number of aromatic nitrogens is 2. The molecule has 0 atom stereocenters. The van der Waals surface area contributed by atoms with Crippen molar-refractivity contribution < 1.29 is 17.5 Å².